The summed E-state index contributed by atoms with van der Waals surface area (Å²) < 4.78 is 34.2. The molecule has 1 amide bonds. The molecular formula is C23H25F2N5O2. The minimum Gasteiger partial charge on any atom is -0.441 e. The van der Waals surface area contributed by atoms with Crippen LogP contribution in [0.15, 0.2) is 24.7 Å². The Labute approximate surface area is 184 Å². The summed E-state index contributed by atoms with van der Waals surface area (Å²) in [6, 6.07) is 1.39. The maximum absolute atomic E-state index is 14.7. The van der Waals surface area contributed by atoms with Gasteiger partial charge in [-0.05, 0) is 50.5 Å². The van der Waals surface area contributed by atoms with Crippen molar-refractivity contribution in [1.29, 1.82) is 0 Å². The summed E-state index contributed by atoms with van der Waals surface area (Å²) in [4.78, 5) is 29.6. The molecule has 32 heavy (non-hydrogen) atoms. The van der Waals surface area contributed by atoms with Crippen molar-refractivity contribution in [1.82, 2.24) is 24.8 Å². The second-order valence-electron chi connectivity index (χ2n) is 8.87. The van der Waals surface area contributed by atoms with Crippen LogP contribution in [0.2, 0.25) is 0 Å². The molecule has 1 saturated heterocycles. The standard InChI is InChI=1S/C23H25F2N5O2/c1-3-19-23(32-22(31)30(19)2)6-4-5-13(9-23)7-18-17(25)12-28-21(29-18)16-11-27-20-15(16)8-14(24)10-26-20/h8,10-13,19H,3-7,9H2,1-2H3,(H,26,27)/t13-,19-,23+/m1/s1. The number of nitrogens with zero attached hydrogens (tertiary/aromatic N) is 4. The number of carbonyl (C=O) groups is 1. The van der Waals surface area contributed by atoms with Gasteiger partial charge < -0.3 is 14.6 Å². The maximum atomic E-state index is 14.7. The average molecular weight is 441 g/mol. The molecule has 168 valence electrons. The van der Waals surface area contributed by atoms with Crippen LogP contribution in [-0.2, 0) is 11.2 Å². The summed E-state index contributed by atoms with van der Waals surface area (Å²) in [6.07, 6.45) is 8.25. The van der Waals surface area contributed by atoms with E-state index in [1.165, 1.54) is 12.3 Å². The molecule has 0 unspecified atom stereocenters. The van der Waals surface area contributed by atoms with E-state index in [4.69, 9.17) is 4.74 Å². The highest BCUT2D eigenvalue weighted by atomic mass is 19.1. The lowest BCUT2D eigenvalue weighted by Gasteiger charge is -2.40. The molecule has 3 aromatic rings. The summed E-state index contributed by atoms with van der Waals surface area (Å²) >= 11 is 0. The Balaban J connectivity index is 1.42. The molecule has 5 rings (SSSR count). The lowest BCUT2D eigenvalue weighted by atomic mass is 9.72. The highest BCUT2D eigenvalue weighted by molar-refractivity contribution is 5.91. The van der Waals surface area contributed by atoms with Crippen LogP contribution >= 0.6 is 0 Å². The van der Waals surface area contributed by atoms with Gasteiger partial charge in [0.25, 0.3) is 0 Å². The van der Waals surface area contributed by atoms with E-state index < -0.39 is 17.2 Å². The zero-order chi connectivity index (χ0) is 22.5. The van der Waals surface area contributed by atoms with E-state index in [1.54, 1.807) is 18.1 Å². The fourth-order valence-corrected chi connectivity index (χ4v) is 5.50. The summed E-state index contributed by atoms with van der Waals surface area (Å²) in [5.41, 5.74) is 0.894. The topological polar surface area (TPSA) is 84.0 Å². The fraction of sp³-hybridized carbons (Fsp3) is 0.478. The number of aromatic nitrogens is 4. The zero-order valence-corrected chi connectivity index (χ0v) is 18.1. The van der Waals surface area contributed by atoms with Crippen molar-refractivity contribution in [3.05, 3.63) is 42.0 Å². The van der Waals surface area contributed by atoms with Crippen molar-refractivity contribution >= 4 is 17.1 Å². The first kappa shape index (κ1) is 20.8. The third-order valence-corrected chi connectivity index (χ3v) is 6.92. The average Bonchev–Trinajstić information content (AvgIpc) is 3.28. The van der Waals surface area contributed by atoms with E-state index in [1.807, 2.05) is 0 Å². The van der Waals surface area contributed by atoms with Gasteiger partial charge in [0.1, 0.15) is 17.1 Å². The van der Waals surface area contributed by atoms with Crippen molar-refractivity contribution in [3.63, 3.8) is 0 Å². The first-order valence-corrected chi connectivity index (χ1v) is 11.0. The van der Waals surface area contributed by atoms with E-state index in [-0.39, 0.29) is 18.1 Å². The van der Waals surface area contributed by atoms with Gasteiger partial charge >= 0.3 is 6.09 Å². The number of halogens is 2. The highest BCUT2D eigenvalue weighted by Gasteiger charge is 2.53. The molecule has 1 aliphatic heterocycles. The number of rotatable bonds is 4. The van der Waals surface area contributed by atoms with Gasteiger partial charge in [-0.25, -0.2) is 28.5 Å². The predicted octanol–water partition coefficient (Wildman–Crippen LogP) is 4.63. The molecule has 3 atom stereocenters. The third-order valence-electron chi connectivity index (χ3n) is 6.92. The maximum Gasteiger partial charge on any atom is 0.410 e. The molecule has 2 aliphatic rings. The minimum absolute atomic E-state index is 0.0252. The molecule has 9 heteroatoms. The number of hydrogen-bond acceptors (Lipinski definition) is 5. The van der Waals surface area contributed by atoms with Crippen LogP contribution in [0.1, 0.15) is 44.7 Å². The fourth-order valence-electron chi connectivity index (χ4n) is 5.50. The SMILES string of the molecule is CC[C@H]1N(C)C(=O)O[C@]12CCC[C@H](Cc1nc(-c3c[nH]c4ncc(F)cc34)ncc1F)C2. The molecule has 4 heterocycles. The van der Waals surface area contributed by atoms with Crippen LogP contribution in [0.25, 0.3) is 22.4 Å². The van der Waals surface area contributed by atoms with Crippen molar-refractivity contribution in [2.75, 3.05) is 7.05 Å². The van der Waals surface area contributed by atoms with E-state index in [9.17, 15) is 13.6 Å². The van der Waals surface area contributed by atoms with Gasteiger partial charge in [-0.2, -0.15) is 0 Å². The second kappa shape index (κ2) is 7.79. The number of hydrogen-bond donors (Lipinski definition) is 1. The Hall–Kier alpha value is -3.10. The lowest BCUT2D eigenvalue weighted by Crippen LogP contribution is -2.47. The van der Waals surface area contributed by atoms with E-state index >= 15 is 0 Å². The number of pyridine rings is 1. The Bertz CT molecular complexity index is 1180. The molecule has 0 aromatic carbocycles. The molecule has 3 aromatic heterocycles. The van der Waals surface area contributed by atoms with Crippen molar-refractivity contribution in [2.45, 2.75) is 57.1 Å². The minimum atomic E-state index is -0.518. The summed E-state index contributed by atoms with van der Waals surface area (Å²) in [6.45, 7) is 2.06. The molecular weight excluding hydrogens is 416 g/mol. The summed E-state index contributed by atoms with van der Waals surface area (Å²) in [5, 5.41) is 0.547. The molecule has 7 nitrogen and oxygen atoms in total. The number of nitrogens with one attached hydrogen (secondary N) is 1. The number of likely N-dealkylation sites (N-methyl/N-ethyl adjacent to an activating group) is 1. The molecule has 0 radical (unpaired) electrons. The van der Waals surface area contributed by atoms with Crippen LogP contribution in [0.5, 0.6) is 0 Å². The Morgan fingerprint density at radius 2 is 2.16 bits per heavy atom. The van der Waals surface area contributed by atoms with Crippen molar-refractivity contribution < 1.29 is 18.3 Å². The number of carbonyl (C=O) groups excluding carboxylic acids is 1. The highest BCUT2D eigenvalue weighted by Crippen LogP contribution is 2.45. The van der Waals surface area contributed by atoms with Gasteiger partial charge in [-0.3, -0.25) is 0 Å². The zero-order valence-electron chi connectivity index (χ0n) is 18.1. The first-order chi connectivity index (χ1) is 15.4. The van der Waals surface area contributed by atoms with Crippen LogP contribution in [0, 0.1) is 17.6 Å². The van der Waals surface area contributed by atoms with Gasteiger partial charge in [-0.15, -0.1) is 0 Å². The molecule has 1 spiro atoms. The quantitative estimate of drug-likeness (QED) is 0.638. The largest absolute Gasteiger partial charge is 0.441 e. The molecule has 1 saturated carbocycles. The van der Waals surface area contributed by atoms with E-state index in [0.717, 1.165) is 31.9 Å². The Morgan fingerprint density at radius 3 is 2.97 bits per heavy atom. The second-order valence-corrected chi connectivity index (χ2v) is 8.87. The Morgan fingerprint density at radius 1 is 1.31 bits per heavy atom. The van der Waals surface area contributed by atoms with Crippen LogP contribution in [0.3, 0.4) is 0 Å². The number of ether oxygens (including phenoxy) is 1. The van der Waals surface area contributed by atoms with Gasteiger partial charge in [0.05, 0.1) is 24.1 Å². The first-order valence-electron chi connectivity index (χ1n) is 11.0. The van der Waals surface area contributed by atoms with Crippen LogP contribution in [0.4, 0.5) is 13.6 Å². The number of aromatic amines is 1. The van der Waals surface area contributed by atoms with E-state index in [0.29, 0.717) is 41.0 Å². The van der Waals surface area contributed by atoms with Crippen molar-refractivity contribution in [3.8, 4) is 11.4 Å². The molecule has 0 bridgehead atoms. The van der Waals surface area contributed by atoms with Gasteiger partial charge in [0.2, 0.25) is 0 Å². The number of fused-ring (bicyclic) bond motifs is 1. The summed E-state index contributed by atoms with van der Waals surface area (Å²) in [5.74, 6) is -0.472. The monoisotopic (exact) mass is 441 g/mol. The predicted molar refractivity (Wildman–Crippen MR) is 114 cm³/mol. The molecule has 1 aliphatic carbocycles. The third kappa shape index (κ3) is 3.40. The molecule has 1 N–H and O–H groups in total. The van der Waals surface area contributed by atoms with Gasteiger partial charge in [0, 0.05) is 24.2 Å². The normalized spacial score (nSPS) is 25.6. The van der Waals surface area contributed by atoms with Gasteiger partial charge in [0.15, 0.2) is 11.6 Å². The number of H-pyrrole nitrogens is 1. The summed E-state index contributed by atoms with van der Waals surface area (Å²) in [7, 11) is 1.78. The van der Waals surface area contributed by atoms with E-state index in [2.05, 4.69) is 26.9 Å². The van der Waals surface area contributed by atoms with Crippen LogP contribution < -0.4 is 0 Å². The smallest absolute Gasteiger partial charge is 0.410 e. The Kier molecular flexibility index (Phi) is 5.06. The lowest BCUT2D eigenvalue weighted by molar-refractivity contribution is -0.0172. The van der Waals surface area contributed by atoms with Crippen molar-refractivity contribution in [2.24, 2.45) is 5.92 Å². The van der Waals surface area contributed by atoms with Gasteiger partial charge in [-0.1, -0.05) is 6.92 Å². The molecule has 2 fully saturated rings. The van der Waals surface area contributed by atoms with Crippen LogP contribution in [-0.4, -0.2) is 49.6 Å². The number of amides is 1.